The van der Waals surface area contributed by atoms with Crippen molar-refractivity contribution in [1.29, 1.82) is 0 Å². The van der Waals surface area contributed by atoms with Gasteiger partial charge in [-0.25, -0.2) is 0 Å². The molecule has 1 aliphatic rings. The van der Waals surface area contributed by atoms with Gasteiger partial charge in [-0.1, -0.05) is 18.7 Å². The third kappa shape index (κ3) is 4.67. The smallest absolute Gasteiger partial charge is 0.233 e. The van der Waals surface area contributed by atoms with E-state index >= 15 is 0 Å². The molecule has 8 heteroatoms. The van der Waals surface area contributed by atoms with Crippen LogP contribution in [-0.4, -0.2) is 53.2 Å². The molecule has 2 N–H and O–H groups in total. The predicted molar refractivity (Wildman–Crippen MR) is 110 cm³/mol. The summed E-state index contributed by atoms with van der Waals surface area (Å²) in [7, 11) is 5.91. The van der Waals surface area contributed by atoms with E-state index in [0.717, 1.165) is 41.7 Å². The summed E-state index contributed by atoms with van der Waals surface area (Å²) in [4.78, 5) is 13.7. The Kier molecular flexibility index (Phi) is 6.61. The number of amides is 1. The number of methoxy groups -OCH3 is 1. The van der Waals surface area contributed by atoms with Gasteiger partial charge in [-0.3, -0.25) is 9.36 Å². The molecule has 1 aromatic heterocycles. The lowest BCUT2D eigenvalue weighted by Gasteiger charge is -2.21. The van der Waals surface area contributed by atoms with Gasteiger partial charge in [0.1, 0.15) is 11.8 Å². The fraction of sp³-hybridized carbons (Fsp3) is 0.550. The van der Waals surface area contributed by atoms with Gasteiger partial charge < -0.3 is 15.0 Å². The third-order valence-corrected chi connectivity index (χ3v) is 6.02. The predicted octanol–water partition coefficient (Wildman–Crippen LogP) is 1.63. The second-order valence-corrected chi connectivity index (χ2v) is 8.76. The van der Waals surface area contributed by atoms with E-state index in [4.69, 9.17) is 4.74 Å². The van der Waals surface area contributed by atoms with Crippen LogP contribution in [0.15, 0.2) is 29.4 Å². The molecule has 28 heavy (non-hydrogen) atoms. The van der Waals surface area contributed by atoms with Crippen LogP contribution in [0.25, 0.3) is 5.69 Å². The molecule has 0 radical (unpaired) electrons. The Morgan fingerprint density at radius 2 is 2.00 bits per heavy atom. The average Bonchev–Trinajstić information content (AvgIpc) is 3.41. The SMILES string of the molecule is CC[C@H](c1nnc(S[C@H](C)C(=O)NC2CC2)n1-c1ccc(OC)cc1)[NH+](C)C. The van der Waals surface area contributed by atoms with E-state index in [-0.39, 0.29) is 17.2 Å². The summed E-state index contributed by atoms with van der Waals surface area (Å²) in [6.45, 7) is 4.08. The minimum absolute atomic E-state index is 0.0589. The Bertz CT molecular complexity index is 801. The summed E-state index contributed by atoms with van der Waals surface area (Å²) in [6, 6.07) is 8.43. The Balaban J connectivity index is 1.94. The number of nitrogens with zero attached hydrogens (tertiary/aromatic N) is 3. The Hall–Kier alpha value is -2.06. The van der Waals surface area contributed by atoms with Crippen LogP contribution in [0, 0.1) is 0 Å². The van der Waals surface area contributed by atoms with E-state index in [1.165, 1.54) is 16.7 Å². The first-order chi connectivity index (χ1) is 13.4. The first-order valence-corrected chi connectivity index (χ1v) is 10.7. The van der Waals surface area contributed by atoms with Gasteiger partial charge in [0, 0.05) is 18.2 Å². The molecule has 3 rings (SSSR count). The van der Waals surface area contributed by atoms with Gasteiger partial charge in [0.2, 0.25) is 5.91 Å². The van der Waals surface area contributed by atoms with Gasteiger partial charge in [-0.2, -0.15) is 0 Å². The number of hydrogen-bond donors (Lipinski definition) is 2. The number of nitrogens with one attached hydrogen (secondary N) is 2. The zero-order chi connectivity index (χ0) is 20.3. The normalized spacial score (nSPS) is 16.1. The monoisotopic (exact) mass is 404 g/mol. The lowest BCUT2D eigenvalue weighted by Crippen LogP contribution is -3.06. The zero-order valence-electron chi connectivity index (χ0n) is 17.2. The molecule has 1 fully saturated rings. The van der Waals surface area contributed by atoms with Crippen molar-refractivity contribution < 1.29 is 14.4 Å². The number of rotatable bonds is 9. The van der Waals surface area contributed by atoms with E-state index in [2.05, 4.69) is 41.1 Å². The highest BCUT2D eigenvalue weighted by Crippen LogP contribution is 2.29. The van der Waals surface area contributed by atoms with Crippen LogP contribution in [-0.2, 0) is 4.79 Å². The van der Waals surface area contributed by atoms with Crippen LogP contribution in [0.3, 0.4) is 0 Å². The lowest BCUT2D eigenvalue weighted by molar-refractivity contribution is -0.893. The summed E-state index contributed by atoms with van der Waals surface area (Å²) in [5, 5.41) is 12.5. The van der Waals surface area contributed by atoms with Crippen molar-refractivity contribution in [3.63, 3.8) is 0 Å². The van der Waals surface area contributed by atoms with Crippen LogP contribution in [0.2, 0.25) is 0 Å². The first-order valence-electron chi connectivity index (χ1n) is 9.81. The molecule has 1 aliphatic carbocycles. The topological polar surface area (TPSA) is 73.5 Å². The molecule has 152 valence electrons. The molecule has 2 atom stereocenters. The van der Waals surface area contributed by atoms with Gasteiger partial charge in [0.25, 0.3) is 0 Å². The van der Waals surface area contributed by atoms with Gasteiger partial charge in [-0.15, -0.1) is 10.2 Å². The maximum atomic E-state index is 12.4. The minimum Gasteiger partial charge on any atom is -0.497 e. The molecular formula is C20H30N5O2S+. The van der Waals surface area contributed by atoms with Crippen molar-refractivity contribution >= 4 is 17.7 Å². The number of ether oxygens (including phenoxy) is 1. The highest BCUT2D eigenvalue weighted by atomic mass is 32.2. The Morgan fingerprint density at radius 1 is 1.32 bits per heavy atom. The minimum atomic E-state index is -0.235. The number of hydrogen-bond acceptors (Lipinski definition) is 5. The van der Waals surface area contributed by atoms with Crippen molar-refractivity contribution in [2.75, 3.05) is 21.2 Å². The van der Waals surface area contributed by atoms with Crippen LogP contribution in [0.4, 0.5) is 0 Å². The zero-order valence-corrected chi connectivity index (χ0v) is 18.0. The number of thioether (sulfide) groups is 1. The van der Waals surface area contributed by atoms with E-state index in [0.29, 0.717) is 6.04 Å². The van der Waals surface area contributed by atoms with Crippen LogP contribution in [0.5, 0.6) is 5.75 Å². The average molecular weight is 405 g/mol. The Morgan fingerprint density at radius 3 is 2.54 bits per heavy atom. The molecule has 0 unspecified atom stereocenters. The maximum absolute atomic E-state index is 12.4. The number of quaternary nitrogens is 1. The molecule has 7 nitrogen and oxygen atoms in total. The van der Waals surface area contributed by atoms with E-state index in [1.807, 2.05) is 31.2 Å². The van der Waals surface area contributed by atoms with Crippen molar-refractivity contribution in [2.24, 2.45) is 0 Å². The fourth-order valence-corrected chi connectivity index (χ4v) is 4.05. The summed E-state index contributed by atoms with van der Waals surface area (Å²) >= 11 is 1.45. The van der Waals surface area contributed by atoms with Gasteiger partial charge >= 0.3 is 0 Å². The quantitative estimate of drug-likeness (QED) is 0.622. The van der Waals surface area contributed by atoms with Gasteiger partial charge in [0.05, 0.1) is 26.5 Å². The van der Waals surface area contributed by atoms with Crippen LogP contribution < -0.4 is 15.0 Å². The summed E-state index contributed by atoms with van der Waals surface area (Å²) < 4.78 is 7.37. The molecule has 1 saturated carbocycles. The van der Waals surface area contributed by atoms with E-state index in [1.54, 1.807) is 7.11 Å². The third-order valence-electron chi connectivity index (χ3n) is 4.98. The van der Waals surface area contributed by atoms with Crippen molar-refractivity contribution in [3.8, 4) is 11.4 Å². The highest BCUT2D eigenvalue weighted by Gasteiger charge is 2.29. The maximum Gasteiger partial charge on any atom is 0.233 e. The molecule has 0 aliphatic heterocycles. The molecular weight excluding hydrogens is 374 g/mol. The van der Waals surface area contributed by atoms with Crippen LogP contribution >= 0.6 is 11.8 Å². The van der Waals surface area contributed by atoms with E-state index < -0.39 is 0 Å². The molecule has 0 spiro atoms. The number of benzene rings is 1. The molecule has 1 aromatic carbocycles. The largest absolute Gasteiger partial charge is 0.497 e. The van der Waals surface area contributed by atoms with Crippen molar-refractivity contribution in [2.45, 2.75) is 55.6 Å². The van der Waals surface area contributed by atoms with Crippen molar-refractivity contribution in [3.05, 3.63) is 30.1 Å². The van der Waals surface area contributed by atoms with Crippen molar-refractivity contribution in [1.82, 2.24) is 20.1 Å². The number of carbonyl (C=O) groups excluding carboxylic acids is 1. The molecule has 1 heterocycles. The second kappa shape index (κ2) is 8.96. The summed E-state index contributed by atoms with van der Waals surface area (Å²) in [6.07, 6.45) is 3.11. The molecule has 1 amide bonds. The summed E-state index contributed by atoms with van der Waals surface area (Å²) in [5.74, 6) is 1.77. The van der Waals surface area contributed by atoms with E-state index in [9.17, 15) is 4.79 Å². The number of carbonyl (C=O) groups is 1. The fourth-order valence-electron chi connectivity index (χ4n) is 3.16. The van der Waals surface area contributed by atoms with Crippen LogP contribution in [0.1, 0.15) is 45.0 Å². The highest BCUT2D eigenvalue weighted by molar-refractivity contribution is 8.00. The number of aromatic nitrogens is 3. The lowest BCUT2D eigenvalue weighted by atomic mass is 10.2. The molecule has 0 saturated heterocycles. The molecule has 2 aromatic rings. The second-order valence-electron chi connectivity index (χ2n) is 7.46. The van der Waals surface area contributed by atoms with Gasteiger partial charge in [-0.05, 0) is 44.0 Å². The van der Waals surface area contributed by atoms with Gasteiger partial charge in [0.15, 0.2) is 11.0 Å². The standard InChI is InChI=1S/C20H29N5O2S/c1-6-17(24(3)4)18-22-23-20(28-13(2)19(26)21-14-7-8-14)25(18)15-9-11-16(27-5)12-10-15/h9-14,17H,6-8H2,1-5H3,(H,21,26)/p+1/t13-,17-/m1/s1. The summed E-state index contributed by atoms with van der Waals surface area (Å²) in [5.41, 5.74) is 0.970. The Labute approximate surface area is 170 Å². The molecule has 0 bridgehead atoms. The first kappa shape index (κ1) is 20.7.